The molecule has 2 heterocycles. The molecule has 6 nitrogen and oxygen atoms in total. The number of carbonyl (C=O) groups is 1. The lowest BCUT2D eigenvalue weighted by Gasteiger charge is -2.19. The first-order valence-corrected chi connectivity index (χ1v) is 8.93. The monoisotopic (exact) mass is 335 g/mol. The second kappa shape index (κ2) is 5.90. The second-order valence-electron chi connectivity index (χ2n) is 4.67. The molecule has 114 valence electrons. The van der Waals surface area contributed by atoms with Crippen LogP contribution < -0.4 is 9.03 Å². The molecule has 0 aliphatic carbocycles. The zero-order valence-corrected chi connectivity index (χ0v) is 13.1. The number of carbonyl (C=O) groups excluding carboxylic acids is 1. The van der Waals surface area contributed by atoms with Crippen LogP contribution in [0.3, 0.4) is 0 Å². The van der Waals surface area contributed by atoms with Gasteiger partial charge in [-0.3, -0.25) is 9.10 Å². The molecule has 0 bridgehead atoms. The maximum absolute atomic E-state index is 12.3. The first-order chi connectivity index (χ1) is 10.6. The molecule has 0 radical (unpaired) electrons. The standard InChI is InChI=1S/C14H13N3O3S2/c18-14(6-5-12-9-21-10-15-12)16-22(19,20)17-8-7-11-3-1-2-4-13(11)17/h1-6,9-10H,7-8H2,(H,16,18). The minimum absolute atomic E-state index is 0.331. The van der Waals surface area contributed by atoms with Gasteiger partial charge in [0.2, 0.25) is 0 Å². The number of para-hydroxylation sites is 1. The molecule has 1 aliphatic rings. The second-order valence-corrected chi connectivity index (χ2v) is 6.98. The van der Waals surface area contributed by atoms with Crippen LogP contribution in [-0.4, -0.2) is 25.9 Å². The Morgan fingerprint density at radius 1 is 1.36 bits per heavy atom. The number of nitrogens with zero attached hydrogens (tertiary/aromatic N) is 2. The third-order valence-electron chi connectivity index (χ3n) is 3.22. The Kier molecular flexibility index (Phi) is 3.95. The molecule has 1 amide bonds. The van der Waals surface area contributed by atoms with E-state index in [1.807, 2.05) is 16.9 Å². The molecule has 1 aromatic heterocycles. The van der Waals surface area contributed by atoms with Crippen LogP contribution in [0, 0.1) is 0 Å². The number of hydrogen-bond acceptors (Lipinski definition) is 5. The van der Waals surface area contributed by atoms with Gasteiger partial charge in [-0.15, -0.1) is 11.3 Å². The van der Waals surface area contributed by atoms with Crippen molar-refractivity contribution < 1.29 is 13.2 Å². The lowest BCUT2D eigenvalue weighted by Crippen LogP contribution is -2.42. The topological polar surface area (TPSA) is 79.4 Å². The van der Waals surface area contributed by atoms with Crippen LogP contribution in [0.15, 0.2) is 41.2 Å². The van der Waals surface area contributed by atoms with Crippen molar-refractivity contribution in [3.05, 3.63) is 52.5 Å². The van der Waals surface area contributed by atoms with Crippen LogP contribution in [0.5, 0.6) is 0 Å². The van der Waals surface area contributed by atoms with Crippen molar-refractivity contribution in [3.8, 4) is 0 Å². The van der Waals surface area contributed by atoms with Crippen molar-refractivity contribution in [1.29, 1.82) is 0 Å². The maximum Gasteiger partial charge on any atom is 0.326 e. The van der Waals surface area contributed by atoms with Crippen LogP contribution in [0.1, 0.15) is 11.3 Å². The van der Waals surface area contributed by atoms with Gasteiger partial charge in [0.15, 0.2) is 0 Å². The quantitative estimate of drug-likeness (QED) is 0.861. The van der Waals surface area contributed by atoms with Crippen LogP contribution in [0.2, 0.25) is 0 Å². The lowest BCUT2D eigenvalue weighted by atomic mass is 10.2. The SMILES string of the molecule is O=C(C=Cc1cscn1)NS(=O)(=O)N1CCc2ccccc21. The van der Waals surface area contributed by atoms with E-state index in [9.17, 15) is 13.2 Å². The number of amides is 1. The summed E-state index contributed by atoms with van der Waals surface area (Å²) in [5.41, 5.74) is 3.82. The third-order valence-corrected chi connectivity index (χ3v) is 5.24. The highest BCUT2D eigenvalue weighted by molar-refractivity contribution is 7.91. The van der Waals surface area contributed by atoms with E-state index in [0.29, 0.717) is 24.3 Å². The number of nitrogens with one attached hydrogen (secondary N) is 1. The maximum atomic E-state index is 12.3. The fraction of sp³-hybridized carbons (Fsp3) is 0.143. The summed E-state index contributed by atoms with van der Waals surface area (Å²) in [7, 11) is -3.90. The van der Waals surface area contributed by atoms with Crippen LogP contribution in [-0.2, 0) is 21.4 Å². The Morgan fingerprint density at radius 3 is 2.95 bits per heavy atom. The highest BCUT2D eigenvalue weighted by Crippen LogP contribution is 2.29. The summed E-state index contributed by atoms with van der Waals surface area (Å²) in [6, 6.07) is 7.26. The Hall–Kier alpha value is -2.19. The minimum atomic E-state index is -3.90. The van der Waals surface area contributed by atoms with Crippen LogP contribution in [0.4, 0.5) is 5.69 Å². The minimum Gasteiger partial charge on any atom is -0.269 e. The average molecular weight is 335 g/mol. The molecule has 2 aromatic rings. The van der Waals surface area contributed by atoms with Gasteiger partial charge in [0.25, 0.3) is 5.91 Å². The number of rotatable bonds is 4. The largest absolute Gasteiger partial charge is 0.326 e. The van der Waals surface area contributed by atoms with Gasteiger partial charge < -0.3 is 0 Å². The van der Waals surface area contributed by atoms with Gasteiger partial charge in [-0.2, -0.15) is 8.42 Å². The van der Waals surface area contributed by atoms with Crippen molar-refractivity contribution in [2.75, 3.05) is 10.8 Å². The van der Waals surface area contributed by atoms with Crippen molar-refractivity contribution in [1.82, 2.24) is 9.71 Å². The summed E-state index contributed by atoms with van der Waals surface area (Å²) in [6.07, 6.45) is 3.27. The van der Waals surface area contributed by atoms with Crippen molar-refractivity contribution >= 4 is 39.2 Å². The smallest absolute Gasteiger partial charge is 0.269 e. The Morgan fingerprint density at radius 2 is 2.18 bits per heavy atom. The van der Waals surface area contributed by atoms with Crippen molar-refractivity contribution in [2.45, 2.75) is 6.42 Å². The van der Waals surface area contributed by atoms with Gasteiger partial charge in [0.05, 0.1) is 16.9 Å². The van der Waals surface area contributed by atoms with Gasteiger partial charge in [-0.1, -0.05) is 18.2 Å². The fourth-order valence-electron chi connectivity index (χ4n) is 2.24. The molecule has 0 spiro atoms. The highest BCUT2D eigenvalue weighted by Gasteiger charge is 2.29. The molecule has 1 aromatic carbocycles. The first-order valence-electron chi connectivity index (χ1n) is 6.55. The molecule has 3 rings (SSSR count). The van der Waals surface area contributed by atoms with E-state index < -0.39 is 16.1 Å². The van der Waals surface area contributed by atoms with Crippen LogP contribution >= 0.6 is 11.3 Å². The van der Waals surface area contributed by atoms with Crippen molar-refractivity contribution in [3.63, 3.8) is 0 Å². The molecule has 1 aliphatic heterocycles. The lowest BCUT2D eigenvalue weighted by molar-refractivity contribution is -0.114. The molecular weight excluding hydrogens is 322 g/mol. The zero-order chi connectivity index (χ0) is 15.6. The normalized spacial score (nSPS) is 14.3. The number of aromatic nitrogens is 1. The predicted molar refractivity (Wildman–Crippen MR) is 85.7 cm³/mol. The van der Waals surface area contributed by atoms with Gasteiger partial charge in [-0.05, 0) is 24.1 Å². The first kappa shape index (κ1) is 14.7. The molecule has 0 saturated heterocycles. The molecule has 1 N–H and O–H groups in total. The number of benzene rings is 1. The molecule has 22 heavy (non-hydrogen) atoms. The van der Waals surface area contributed by atoms with Gasteiger partial charge in [0, 0.05) is 18.0 Å². The summed E-state index contributed by atoms with van der Waals surface area (Å²) in [5.74, 6) is -0.697. The number of anilines is 1. The molecule has 0 saturated carbocycles. The summed E-state index contributed by atoms with van der Waals surface area (Å²) in [5, 5.41) is 1.76. The van der Waals surface area contributed by atoms with E-state index in [4.69, 9.17) is 0 Å². The summed E-state index contributed by atoms with van der Waals surface area (Å²) >= 11 is 1.40. The summed E-state index contributed by atoms with van der Waals surface area (Å²) in [4.78, 5) is 15.8. The van der Waals surface area contributed by atoms with E-state index in [0.717, 1.165) is 11.6 Å². The predicted octanol–water partition coefficient (Wildman–Crippen LogP) is 1.58. The van der Waals surface area contributed by atoms with E-state index >= 15 is 0 Å². The number of fused-ring (bicyclic) bond motifs is 1. The zero-order valence-electron chi connectivity index (χ0n) is 11.5. The van der Waals surface area contributed by atoms with Gasteiger partial charge in [0.1, 0.15) is 0 Å². The summed E-state index contributed by atoms with van der Waals surface area (Å²) in [6.45, 7) is 0.331. The number of hydrogen-bond donors (Lipinski definition) is 1. The summed E-state index contributed by atoms with van der Waals surface area (Å²) < 4.78 is 27.9. The Bertz CT molecular complexity index is 814. The molecule has 0 unspecified atom stereocenters. The van der Waals surface area contributed by atoms with Gasteiger partial charge in [-0.25, -0.2) is 9.71 Å². The highest BCUT2D eigenvalue weighted by atomic mass is 32.2. The van der Waals surface area contributed by atoms with Crippen molar-refractivity contribution in [2.24, 2.45) is 0 Å². The third kappa shape index (κ3) is 3.02. The Balaban J connectivity index is 1.73. The fourth-order valence-corrected chi connectivity index (χ4v) is 3.96. The van der Waals surface area contributed by atoms with E-state index in [1.54, 1.807) is 23.0 Å². The van der Waals surface area contributed by atoms with E-state index in [2.05, 4.69) is 4.98 Å². The van der Waals surface area contributed by atoms with Crippen LogP contribution in [0.25, 0.3) is 6.08 Å². The number of thiazole rings is 1. The van der Waals surface area contributed by atoms with Gasteiger partial charge >= 0.3 is 10.2 Å². The average Bonchev–Trinajstić information content (AvgIpc) is 3.14. The molecular formula is C14H13N3O3S2. The van der Waals surface area contributed by atoms with E-state index in [-0.39, 0.29) is 0 Å². The molecule has 0 fully saturated rings. The Labute approximate surface area is 132 Å². The molecule has 0 atom stereocenters. The van der Waals surface area contributed by atoms with E-state index in [1.165, 1.54) is 21.7 Å². The molecule has 8 heteroatoms.